The van der Waals surface area contributed by atoms with E-state index in [-0.39, 0.29) is 11.8 Å². The van der Waals surface area contributed by atoms with Gasteiger partial charge < -0.3 is 10.1 Å². The van der Waals surface area contributed by atoms with Crippen molar-refractivity contribution in [2.24, 2.45) is 5.92 Å². The zero-order valence-electron chi connectivity index (χ0n) is 13.6. The Kier molecular flexibility index (Phi) is 5.52. The maximum Gasteiger partial charge on any atom is 0.309 e. The maximum absolute atomic E-state index is 12.6. The van der Waals surface area contributed by atoms with Gasteiger partial charge in [0.2, 0.25) is 6.10 Å². The third-order valence-corrected chi connectivity index (χ3v) is 3.36. The van der Waals surface area contributed by atoms with Gasteiger partial charge in [0.05, 0.1) is 5.92 Å². The van der Waals surface area contributed by atoms with Crippen molar-refractivity contribution in [1.82, 2.24) is 0 Å². The molecule has 23 heavy (non-hydrogen) atoms. The summed E-state index contributed by atoms with van der Waals surface area (Å²) < 4.78 is 5.40. The van der Waals surface area contributed by atoms with Gasteiger partial charge in [0.1, 0.15) is 0 Å². The van der Waals surface area contributed by atoms with Gasteiger partial charge >= 0.3 is 5.97 Å². The van der Waals surface area contributed by atoms with Gasteiger partial charge in [-0.15, -0.1) is 0 Å². The van der Waals surface area contributed by atoms with Gasteiger partial charge in [-0.25, -0.2) is 0 Å². The van der Waals surface area contributed by atoms with Crippen LogP contribution in [0, 0.1) is 12.8 Å². The quantitative estimate of drug-likeness (QED) is 0.853. The first kappa shape index (κ1) is 16.7. The molecule has 0 fully saturated rings. The van der Waals surface area contributed by atoms with Crippen LogP contribution in [0.25, 0.3) is 0 Å². The van der Waals surface area contributed by atoms with Gasteiger partial charge in [0.25, 0.3) is 5.91 Å². The second kappa shape index (κ2) is 7.58. The molecule has 0 aliphatic rings. The fourth-order valence-electron chi connectivity index (χ4n) is 2.00. The lowest BCUT2D eigenvalue weighted by molar-refractivity contribution is -0.157. The Labute approximate surface area is 136 Å². The Bertz CT molecular complexity index is 663. The molecular formula is C19H21NO3. The van der Waals surface area contributed by atoms with Crippen molar-refractivity contribution in [2.75, 3.05) is 5.32 Å². The highest BCUT2D eigenvalue weighted by Gasteiger charge is 2.26. The number of hydrogen-bond donors (Lipinski definition) is 1. The van der Waals surface area contributed by atoms with Crippen LogP contribution < -0.4 is 5.32 Å². The minimum Gasteiger partial charge on any atom is -0.447 e. The molecule has 120 valence electrons. The van der Waals surface area contributed by atoms with Crippen molar-refractivity contribution >= 4 is 17.6 Å². The normalized spacial score (nSPS) is 11.8. The predicted molar refractivity (Wildman–Crippen MR) is 89.9 cm³/mol. The molecule has 1 atom stereocenters. The zero-order valence-corrected chi connectivity index (χ0v) is 13.6. The summed E-state index contributed by atoms with van der Waals surface area (Å²) in [6, 6.07) is 16.5. The highest BCUT2D eigenvalue weighted by Crippen LogP contribution is 2.21. The van der Waals surface area contributed by atoms with Gasteiger partial charge in [-0.3, -0.25) is 9.59 Å². The largest absolute Gasteiger partial charge is 0.447 e. The Hall–Kier alpha value is -2.62. The first-order valence-electron chi connectivity index (χ1n) is 7.60. The van der Waals surface area contributed by atoms with E-state index in [9.17, 15) is 9.59 Å². The summed E-state index contributed by atoms with van der Waals surface area (Å²) in [7, 11) is 0. The van der Waals surface area contributed by atoms with Gasteiger partial charge in [-0.05, 0) is 19.1 Å². The number of carbonyl (C=O) groups is 2. The second-order valence-electron chi connectivity index (χ2n) is 5.74. The minimum atomic E-state index is -0.965. The van der Waals surface area contributed by atoms with Gasteiger partial charge in [0, 0.05) is 11.3 Å². The summed E-state index contributed by atoms with van der Waals surface area (Å²) in [5, 5.41) is 2.80. The molecule has 1 N–H and O–H groups in total. The monoisotopic (exact) mass is 311 g/mol. The lowest BCUT2D eigenvalue weighted by atomic mass is 10.1. The number of carbonyl (C=O) groups excluding carboxylic acids is 2. The third-order valence-electron chi connectivity index (χ3n) is 3.36. The molecule has 0 spiro atoms. The van der Waals surface area contributed by atoms with Crippen LogP contribution >= 0.6 is 0 Å². The molecule has 0 aliphatic heterocycles. The third kappa shape index (κ3) is 4.68. The van der Waals surface area contributed by atoms with E-state index in [0.29, 0.717) is 11.3 Å². The van der Waals surface area contributed by atoms with E-state index in [0.717, 1.165) is 5.56 Å². The lowest BCUT2D eigenvalue weighted by Crippen LogP contribution is -2.27. The van der Waals surface area contributed by atoms with Crippen LogP contribution in [0.5, 0.6) is 0 Å². The minimum absolute atomic E-state index is 0.298. The molecule has 0 bridgehead atoms. The van der Waals surface area contributed by atoms with Crippen LogP contribution in [0.15, 0.2) is 54.6 Å². The van der Waals surface area contributed by atoms with Gasteiger partial charge in [-0.2, -0.15) is 0 Å². The SMILES string of the molecule is Cc1ccc(NC(=O)[C@@H](OC(=O)C(C)C)c2ccccc2)cc1. The summed E-state index contributed by atoms with van der Waals surface area (Å²) in [4.78, 5) is 24.5. The number of aryl methyl sites for hydroxylation is 1. The van der Waals surface area contributed by atoms with Crippen molar-refractivity contribution in [3.63, 3.8) is 0 Å². The first-order valence-corrected chi connectivity index (χ1v) is 7.60. The molecular weight excluding hydrogens is 290 g/mol. The summed E-state index contributed by atoms with van der Waals surface area (Å²) in [6.45, 7) is 5.45. The van der Waals surface area contributed by atoms with Crippen LogP contribution in [0.3, 0.4) is 0 Å². The average Bonchev–Trinajstić information content (AvgIpc) is 2.55. The van der Waals surface area contributed by atoms with E-state index in [1.807, 2.05) is 49.4 Å². The van der Waals surface area contributed by atoms with Crippen molar-refractivity contribution in [2.45, 2.75) is 26.9 Å². The van der Waals surface area contributed by atoms with Crippen LogP contribution in [-0.2, 0) is 14.3 Å². The standard InChI is InChI=1S/C19H21NO3/c1-13(2)19(22)23-17(15-7-5-4-6-8-15)18(21)20-16-11-9-14(3)10-12-16/h4-13,17H,1-3H3,(H,20,21)/t17-/m0/s1. The number of amides is 1. The van der Waals surface area contributed by atoms with Crippen LogP contribution in [-0.4, -0.2) is 11.9 Å². The number of rotatable bonds is 5. The van der Waals surface area contributed by atoms with Crippen molar-refractivity contribution in [3.8, 4) is 0 Å². The number of ether oxygens (including phenoxy) is 1. The van der Waals surface area contributed by atoms with E-state index in [1.54, 1.807) is 26.0 Å². The maximum atomic E-state index is 12.6. The highest BCUT2D eigenvalue weighted by atomic mass is 16.5. The van der Waals surface area contributed by atoms with E-state index in [1.165, 1.54) is 0 Å². The topological polar surface area (TPSA) is 55.4 Å². The predicted octanol–water partition coefficient (Wildman–Crippen LogP) is 3.87. The van der Waals surface area contributed by atoms with Crippen molar-refractivity contribution < 1.29 is 14.3 Å². The van der Waals surface area contributed by atoms with Crippen molar-refractivity contribution in [1.29, 1.82) is 0 Å². The molecule has 0 heterocycles. The molecule has 2 rings (SSSR count). The number of anilines is 1. The van der Waals surface area contributed by atoms with Crippen molar-refractivity contribution in [3.05, 3.63) is 65.7 Å². The number of benzene rings is 2. The summed E-state index contributed by atoms with van der Waals surface area (Å²) in [5.41, 5.74) is 2.42. The molecule has 2 aromatic carbocycles. The lowest BCUT2D eigenvalue weighted by Gasteiger charge is -2.19. The molecule has 0 radical (unpaired) electrons. The van der Waals surface area contributed by atoms with Crippen LogP contribution in [0.2, 0.25) is 0 Å². The second-order valence-corrected chi connectivity index (χ2v) is 5.74. The molecule has 0 saturated carbocycles. The first-order chi connectivity index (χ1) is 11.0. The molecule has 0 aromatic heterocycles. The number of esters is 1. The number of nitrogens with one attached hydrogen (secondary N) is 1. The van der Waals surface area contributed by atoms with E-state index in [4.69, 9.17) is 4.74 Å². The zero-order chi connectivity index (χ0) is 16.8. The van der Waals surface area contributed by atoms with E-state index >= 15 is 0 Å². The summed E-state index contributed by atoms with van der Waals surface area (Å²) >= 11 is 0. The Morgan fingerprint density at radius 2 is 1.57 bits per heavy atom. The summed E-state index contributed by atoms with van der Waals surface area (Å²) in [6.07, 6.45) is -0.965. The molecule has 0 aliphatic carbocycles. The molecule has 0 saturated heterocycles. The smallest absolute Gasteiger partial charge is 0.309 e. The van der Waals surface area contributed by atoms with Gasteiger partial charge in [0.15, 0.2) is 0 Å². The average molecular weight is 311 g/mol. The Morgan fingerprint density at radius 1 is 0.957 bits per heavy atom. The van der Waals surface area contributed by atoms with E-state index < -0.39 is 12.1 Å². The fourth-order valence-corrected chi connectivity index (χ4v) is 2.00. The number of hydrogen-bond acceptors (Lipinski definition) is 3. The molecule has 0 unspecified atom stereocenters. The molecule has 1 amide bonds. The summed E-state index contributed by atoms with van der Waals surface area (Å²) in [5.74, 6) is -1.07. The van der Waals surface area contributed by atoms with Gasteiger partial charge in [-0.1, -0.05) is 61.9 Å². The Balaban J connectivity index is 2.20. The Morgan fingerprint density at radius 3 is 2.13 bits per heavy atom. The van der Waals surface area contributed by atoms with E-state index in [2.05, 4.69) is 5.32 Å². The highest BCUT2D eigenvalue weighted by molar-refractivity contribution is 5.96. The molecule has 4 nitrogen and oxygen atoms in total. The van der Waals surface area contributed by atoms with Crippen LogP contribution in [0.1, 0.15) is 31.1 Å². The molecule has 2 aromatic rings. The molecule has 4 heteroatoms. The van der Waals surface area contributed by atoms with Crippen LogP contribution in [0.4, 0.5) is 5.69 Å². The fraction of sp³-hybridized carbons (Fsp3) is 0.263.